The zero-order valence-electron chi connectivity index (χ0n) is 18.2. The number of halogens is 1. The lowest BCUT2D eigenvalue weighted by Gasteiger charge is -2.22. The summed E-state index contributed by atoms with van der Waals surface area (Å²) in [6.07, 6.45) is 9.40. The Morgan fingerprint density at radius 2 is 2.03 bits per heavy atom. The molecular formula is C26H26ClN3O2. The summed E-state index contributed by atoms with van der Waals surface area (Å²) in [6, 6.07) is 9.38. The van der Waals surface area contributed by atoms with E-state index in [-0.39, 0.29) is 11.3 Å². The number of carbonyl (C=O) groups excluding carboxylic acids is 1. The molecule has 1 heterocycles. The van der Waals surface area contributed by atoms with Crippen LogP contribution in [0.25, 0.3) is 21.7 Å². The second-order valence-electron chi connectivity index (χ2n) is 8.19. The van der Waals surface area contributed by atoms with Crippen molar-refractivity contribution in [3.05, 3.63) is 76.0 Å². The van der Waals surface area contributed by atoms with E-state index >= 15 is 0 Å². The molecule has 0 spiro atoms. The van der Waals surface area contributed by atoms with Crippen molar-refractivity contribution in [3.8, 4) is 0 Å². The smallest absolute Gasteiger partial charge is 0.261 e. The molecule has 1 aliphatic carbocycles. The van der Waals surface area contributed by atoms with Gasteiger partial charge in [-0.05, 0) is 54.3 Å². The Hall–Kier alpha value is -3.05. The molecule has 0 saturated heterocycles. The van der Waals surface area contributed by atoms with Crippen molar-refractivity contribution in [1.29, 1.82) is 0 Å². The molecule has 3 aromatic rings. The highest BCUT2D eigenvalue weighted by Gasteiger charge is 2.25. The van der Waals surface area contributed by atoms with Crippen LogP contribution < -0.4 is 5.56 Å². The molecule has 164 valence electrons. The van der Waals surface area contributed by atoms with Crippen molar-refractivity contribution < 1.29 is 4.79 Å². The van der Waals surface area contributed by atoms with Crippen molar-refractivity contribution >= 4 is 45.3 Å². The van der Waals surface area contributed by atoms with Gasteiger partial charge < -0.3 is 0 Å². The maximum absolute atomic E-state index is 13.4. The Balaban J connectivity index is 1.81. The van der Waals surface area contributed by atoms with Crippen LogP contribution in [0.1, 0.15) is 50.6 Å². The molecule has 1 unspecified atom stereocenters. The zero-order chi connectivity index (χ0) is 22.7. The minimum absolute atomic E-state index is 0.113. The molecule has 1 aromatic heterocycles. The number of aromatic nitrogens is 2. The summed E-state index contributed by atoms with van der Waals surface area (Å²) in [5.41, 5.74) is 2.23. The molecule has 0 aliphatic heterocycles. The number of allylic oxidation sites excluding steroid dienone is 2. The quantitative estimate of drug-likeness (QED) is 0.268. The predicted octanol–water partition coefficient (Wildman–Crippen LogP) is 5.89. The predicted molar refractivity (Wildman–Crippen MR) is 132 cm³/mol. The first-order chi connectivity index (χ1) is 15.5. The molecule has 2 aromatic carbocycles. The molecule has 0 radical (unpaired) electrons. The van der Waals surface area contributed by atoms with Crippen LogP contribution in [0, 0.1) is 0 Å². The van der Waals surface area contributed by atoms with Gasteiger partial charge in [-0.1, -0.05) is 55.8 Å². The summed E-state index contributed by atoms with van der Waals surface area (Å²) in [5, 5.41) is 2.88. The molecule has 5 nitrogen and oxygen atoms in total. The molecular weight excluding hydrogens is 422 g/mol. The van der Waals surface area contributed by atoms with Crippen molar-refractivity contribution in [2.24, 2.45) is 4.99 Å². The third-order valence-electron chi connectivity index (χ3n) is 5.90. The van der Waals surface area contributed by atoms with Gasteiger partial charge in [0.15, 0.2) is 5.78 Å². The summed E-state index contributed by atoms with van der Waals surface area (Å²) < 4.78 is 1.52. The van der Waals surface area contributed by atoms with Gasteiger partial charge in [-0.2, -0.15) is 0 Å². The average Bonchev–Trinajstić information content (AvgIpc) is 2.79. The molecule has 0 amide bonds. The first kappa shape index (κ1) is 22.2. The fourth-order valence-corrected chi connectivity index (χ4v) is 4.54. The van der Waals surface area contributed by atoms with Crippen LogP contribution in [0.3, 0.4) is 0 Å². The number of hydrogen-bond acceptors (Lipinski definition) is 4. The monoisotopic (exact) mass is 447 g/mol. The Kier molecular flexibility index (Phi) is 6.66. The van der Waals surface area contributed by atoms with Gasteiger partial charge >= 0.3 is 0 Å². The maximum atomic E-state index is 13.4. The van der Waals surface area contributed by atoms with E-state index < -0.39 is 6.04 Å². The standard InChI is InChI=1S/C26H26ClN3O2/c1-3-8-24(27)28-15-17(2)13-18-14-21-25(20-10-5-4-9-19(18)20)29-16-30(26(21)32)22-11-6-7-12-23(22)31/h4-5,8-10,14-16,22H,2-3,6-7,11-13H2,1H3. The number of carbonyl (C=O) groups is 1. The first-order valence-electron chi connectivity index (χ1n) is 11.0. The summed E-state index contributed by atoms with van der Waals surface area (Å²) in [7, 11) is 0. The van der Waals surface area contributed by atoms with Crippen LogP contribution in [-0.4, -0.2) is 21.5 Å². The molecule has 1 saturated carbocycles. The minimum Gasteiger partial charge on any atom is -0.297 e. The van der Waals surface area contributed by atoms with Gasteiger partial charge in [0.2, 0.25) is 0 Å². The topological polar surface area (TPSA) is 64.3 Å². The van der Waals surface area contributed by atoms with E-state index in [4.69, 9.17) is 11.6 Å². The van der Waals surface area contributed by atoms with Gasteiger partial charge in [-0.25, -0.2) is 9.98 Å². The lowest BCUT2D eigenvalue weighted by atomic mass is 9.93. The first-order valence-corrected chi connectivity index (χ1v) is 11.4. The normalized spacial score (nSPS) is 17.5. The maximum Gasteiger partial charge on any atom is 0.261 e. The van der Waals surface area contributed by atoms with Crippen LogP contribution in [-0.2, 0) is 11.2 Å². The lowest BCUT2D eigenvalue weighted by Crippen LogP contribution is -2.32. The van der Waals surface area contributed by atoms with Crippen molar-refractivity contribution in [2.75, 3.05) is 0 Å². The highest BCUT2D eigenvalue weighted by atomic mass is 35.5. The molecule has 0 bridgehead atoms. The summed E-state index contributed by atoms with van der Waals surface area (Å²) in [4.78, 5) is 34.7. The third-order valence-corrected chi connectivity index (χ3v) is 6.15. The number of aliphatic imine (C=N–C) groups is 1. The Labute approximate surface area is 192 Å². The van der Waals surface area contributed by atoms with Gasteiger partial charge in [0, 0.05) is 18.0 Å². The third kappa shape index (κ3) is 4.44. The van der Waals surface area contributed by atoms with E-state index in [2.05, 4.69) is 16.6 Å². The van der Waals surface area contributed by atoms with Crippen LogP contribution in [0.5, 0.6) is 0 Å². The average molecular weight is 448 g/mol. The number of nitrogens with zero attached hydrogens (tertiary/aromatic N) is 3. The number of benzene rings is 2. The van der Waals surface area contributed by atoms with Crippen LogP contribution in [0.15, 0.2) is 69.8 Å². The van der Waals surface area contributed by atoms with E-state index in [1.807, 2.05) is 43.3 Å². The summed E-state index contributed by atoms with van der Waals surface area (Å²) in [5.74, 6) is 0.113. The van der Waals surface area contributed by atoms with Gasteiger partial charge in [0.25, 0.3) is 5.56 Å². The number of hydrogen-bond donors (Lipinski definition) is 0. The Morgan fingerprint density at radius 1 is 1.25 bits per heavy atom. The van der Waals surface area contributed by atoms with E-state index in [0.29, 0.717) is 35.3 Å². The van der Waals surface area contributed by atoms with Crippen LogP contribution >= 0.6 is 11.6 Å². The molecule has 4 rings (SSSR count). The molecule has 0 N–H and O–H groups in total. The molecule has 1 atom stereocenters. The van der Waals surface area contributed by atoms with Crippen molar-refractivity contribution in [1.82, 2.24) is 9.55 Å². The number of ketones is 1. The Bertz CT molecular complexity index is 1320. The van der Waals surface area contributed by atoms with Gasteiger partial charge in [-0.15, -0.1) is 0 Å². The highest BCUT2D eigenvalue weighted by molar-refractivity contribution is 6.29. The molecule has 1 fully saturated rings. The SMILES string of the molecule is C=C(C=NC(Cl)=CCC)Cc1cc2c(=O)n(C3CCCCC3=O)cnc2c2ccccc12. The summed E-state index contributed by atoms with van der Waals surface area (Å²) in [6.45, 7) is 6.11. The van der Waals surface area contributed by atoms with E-state index in [0.717, 1.165) is 41.2 Å². The van der Waals surface area contributed by atoms with Gasteiger partial charge in [-0.3, -0.25) is 14.2 Å². The van der Waals surface area contributed by atoms with Crippen LogP contribution in [0.4, 0.5) is 0 Å². The highest BCUT2D eigenvalue weighted by Crippen LogP contribution is 2.29. The van der Waals surface area contributed by atoms with Crippen molar-refractivity contribution in [3.63, 3.8) is 0 Å². The second kappa shape index (κ2) is 9.61. The summed E-state index contributed by atoms with van der Waals surface area (Å²) >= 11 is 6.07. The van der Waals surface area contributed by atoms with E-state index in [1.54, 1.807) is 6.21 Å². The zero-order valence-corrected chi connectivity index (χ0v) is 18.9. The van der Waals surface area contributed by atoms with Gasteiger partial charge in [0.05, 0.1) is 23.3 Å². The van der Waals surface area contributed by atoms with E-state index in [9.17, 15) is 9.59 Å². The van der Waals surface area contributed by atoms with E-state index in [1.165, 1.54) is 10.9 Å². The van der Waals surface area contributed by atoms with Crippen LogP contribution in [0.2, 0.25) is 0 Å². The van der Waals surface area contributed by atoms with Crippen molar-refractivity contribution in [2.45, 2.75) is 51.5 Å². The number of fused-ring (bicyclic) bond motifs is 3. The largest absolute Gasteiger partial charge is 0.297 e. The minimum atomic E-state index is -0.419. The van der Waals surface area contributed by atoms with Gasteiger partial charge in [0.1, 0.15) is 5.16 Å². The second-order valence-corrected chi connectivity index (χ2v) is 8.58. The lowest BCUT2D eigenvalue weighted by molar-refractivity contribution is -0.123. The molecule has 32 heavy (non-hydrogen) atoms. The fraction of sp³-hybridized carbons (Fsp3) is 0.308. The Morgan fingerprint density at radius 3 is 2.78 bits per heavy atom. The number of Topliss-reactive ketones (excluding diaryl/α,β-unsaturated/α-hetero) is 1. The molecule has 6 heteroatoms. The number of rotatable bonds is 6. The molecule has 1 aliphatic rings. The fourth-order valence-electron chi connectivity index (χ4n) is 4.34.